The van der Waals surface area contributed by atoms with Crippen LogP contribution in [0.4, 0.5) is 5.82 Å². The van der Waals surface area contributed by atoms with Crippen LogP contribution in [-0.4, -0.2) is 29.2 Å². The van der Waals surface area contributed by atoms with Crippen molar-refractivity contribution in [1.82, 2.24) is 15.5 Å². The van der Waals surface area contributed by atoms with Gasteiger partial charge in [-0.3, -0.25) is 4.79 Å². The van der Waals surface area contributed by atoms with Crippen LogP contribution in [0.2, 0.25) is 0 Å². The number of nitrogens with one attached hydrogen (secondary N) is 2. The van der Waals surface area contributed by atoms with Gasteiger partial charge >= 0.3 is 0 Å². The molecule has 0 bridgehead atoms. The highest BCUT2D eigenvalue weighted by Crippen LogP contribution is 2.01. The van der Waals surface area contributed by atoms with Crippen molar-refractivity contribution in [3.63, 3.8) is 0 Å². The third-order valence-corrected chi connectivity index (χ3v) is 1.66. The summed E-state index contributed by atoms with van der Waals surface area (Å²) in [5.41, 5.74) is 0.320. The first-order valence-electron chi connectivity index (χ1n) is 4.74. The molecular formula is C10H14N4O. The van der Waals surface area contributed by atoms with Crippen LogP contribution >= 0.6 is 0 Å². The van der Waals surface area contributed by atoms with Crippen molar-refractivity contribution in [2.24, 2.45) is 0 Å². The molecule has 2 N–H and O–H groups in total. The topological polar surface area (TPSA) is 66.9 Å². The maximum Gasteiger partial charge on any atom is 0.271 e. The van der Waals surface area contributed by atoms with E-state index in [-0.39, 0.29) is 5.91 Å². The summed E-state index contributed by atoms with van der Waals surface area (Å²) in [4.78, 5) is 11.3. The molecule has 0 aliphatic carbocycles. The summed E-state index contributed by atoms with van der Waals surface area (Å²) in [6.07, 6.45) is 1.72. The Morgan fingerprint density at radius 2 is 2.33 bits per heavy atom. The van der Waals surface area contributed by atoms with Crippen LogP contribution in [0.15, 0.2) is 24.8 Å². The maximum absolute atomic E-state index is 11.3. The Kier molecular flexibility index (Phi) is 4.28. The van der Waals surface area contributed by atoms with Crippen LogP contribution < -0.4 is 10.6 Å². The number of hydrogen-bond donors (Lipinski definition) is 2. The lowest BCUT2D eigenvalue weighted by Gasteiger charge is -2.02. The van der Waals surface area contributed by atoms with Crippen molar-refractivity contribution in [2.75, 3.05) is 18.4 Å². The number of rotatable bonds is 5. The molecule has 1 aromatic rings. The lowest BCUT2D eigenvalue weighted by atomic mass is 10.3. The van der Waals surface area contributed by atoms with Crippen molar-refractivity contribution < 1.29 is 4.79 Å². The number of carbonyl (C=O) groups excluding carboxylic acids is 1. The predicted molar refractivity (Wildman–Crippen MR) is 58.7 cm³/mol. The Labute approximate surface area is 88.6 Å². The fraction of sp³-hybridized carbons (Fsp3) is 0.300. The molecule has 0 saturated carbocycles. The van der Waals surface area contributed by atoms with Gasteiger partial charge in [-0.25, -0.2) is 0 Å². The molecule has 1 heterocycles. The third kappa shape index (κ3) is 3.38. The molecule has 0 radical (unpaired) electrons. The summed E-state index contributed by atoms with van der Waals surface area (Å²) in [6.45, 7) is 6.62. The molecule has 0 spiro atoms. The van der Waals surface area contributed by atoms with E-state index in [1.165, 1.54) is 0 Å². The van der Waals surface area contributed by atoms with E-state index in [1.54, 1.807) is 18.2 Å². The Morgan fingerprint density at radius 3 is 2.87 bits per heavy atom. The summed E-state index contributed by atoms with van der Waals surface area (Å²) in [5.74, 6) is 0.420. The van der Waals surface area contributed by atoms with Crippen LogP contribution in [0.1, 0.15) is 17.4 Å². The van der Waals surface area contributed by atoms with E-state index in [2.05, 4.69) is 27.4 Å². The fourth-order valence-electron chi connectivity index (χ4n) is 0.976. The second-order valence-corrected chi connectivity index (χ2v) is 2.83. The Morgan fingerprint density at radius 1 is 1.53 bits per heavy atom. The average molecular weight is 206 g/mol. The van der Waals surface area contributed by atoms with E-state index in [1.807, 2.05) is 6.92 Å². The highest BCUT2D eigenvalue weighted by Gasteiger charge is 2.05. The fourth-order valence-corrected chi connectivity index (χ4v) is 0.976. The molecule has 0 unspecified atom stereocenters. The predicted octanol–water partition coefficient (Wildman–Crippen LogP) is 0.824. The van der Waals surface area contributed by atoms with Gasteiger partial charge in [-0.2, -0.15) is 0 Å². The molecule has 0 saturated heterocycles. The largest absolute Gasteiger partial charge is 0.365 e. The van der Waals surface area contributed by atoms with Gasteiger partial charge in [0.15, 0.2) is 5.69 Å². The number of hydrogen-bond acceptors (Lipinski definition) is 4. The third-order valence-electron chi connectivity index (χ3n) is 1.66. The average Bonchev–Trinajstić information content (AvgIpc) is 2.27. The van der Waals surface area contributed by atoms with Gasteiger partial charge in [0.2, 0.25) is 0 Å². The lowest BCUT2D eigenvalue weighted by Crippen LogP contribution is -2.24. The summed E-state index contributed by atoms with van der Waals surface area (Å²) in [5, 5.41) is 13.3. The quantitative estimate of drug-likeness (QED) is 0.700. The number of carbonyl (C=O) groups is 1. The van der Waals surface area contributed by atoms with Crippen molar-refractivity contribution in [3.8, 4) is 0 Å². The van der Waals surface area contributed by atoms with Crippen LogP contribution in [0.25, 0.3) is 0 Å². The Bertz CT molecular complexity index is 334. The second-order valence-electron chi connectivity index (χ2n) is 2.83. The first-order valence-corrected chi connectivity index (χ1v) is 4.74. The van der Waals surface area contributed by atoms with Gasteiger partial charge in [-0.15, -0.1) is 16.8 Å². The Balaban J connectivity index is 2.63. The number of nitrogens with zero attached hydrogens (tertiary/aromatic N) is 2. The molecule has 0 atom stereocenters. The van der Waals surface area contributed by atoms with E-state index < -0.39 is 0 Å². The number of anilines is 1. The Hall–Kier alpha value is -1.91. The van der Waals surface area contributed by atoms with Crippen molar-refractivity contribution in [1.29, 1.82) is 0 Å². The zero-order chi connectivity index (χ0) is 11.1. The highest BCUT2D eigenvalue weighted by atomic mass is 16.1. The molecule has 80 valence electrons. The minimum absolute atomic E-state index is 0.208. The SMILES string of the molecule is C=CCNc1ccc(C(=O)NCC)nn1. The lowest BCUT2D eigenvalue weighted by molar-refractivity contribution is 0.0950. The molecule has 0 fully saturated rings. The molecule has 1 amide bonds. The van der Waals surface area contributed by atoms with E-state index in [4.69, 9.17) is 0 Å². The molecule has 1 rings (SSSR count). The smallest absolute Gasteiger partial charge is 0.271 e. The molecule has 1 aromatic heterocycles. The second kappa shape index (κ2) is 5.74. The van der Waals surface area contributed by atoms with Gasteiger partial charge in [0.05, 0.1) is 0 Å². The first-order chi connectivity index (χ1) is 7.27. The summed E-state index contributed by atoms with van der Waals surface area (Å²) in [6, 6.07) is 3.34. The van der Waals surface area contributed by atoms with Crippen molar-refractivity contribution in [3.05, 3.63) is 30.5 Å². The van der Waals surface area contributed by atoms with Crippen LogP contribution in [0.3, 0.4) is 0 Å². The van der Waals surface area contributed by atoms with Gasteiger partial charge in [0.25, 0.3) is 5.91 Å². The van der Waals surface area contributed by atoms with E-state index in [0.29, 0.717) is 24.6 Å². The highest BCUT2D eigenvalue weighted by molar-refractivity contribution is 5.92. The van der Waals surface area contributed by atoms with E-state index in [0.717, 1.165) is 0 Å². The monoisotopic (exact) mass is 206 g/mol. The minimum Gasteiger partial charge on any atom is -0.365 e. The normalized spacial score (nSPS) is 9.40. The molecule has 0 aliphatic rings. The van der Waals surface area contributed by atoms with Gasteiger partial charge in [-0.1, -0.05) is 6.08 Å². The zero-order valence-corrected chi connectivity index (χ0v) is 8.66. The van der Waals surface area contributed by atoms with Crippen LogP contribution in [0, 0.1) is 0 Å². The summed E-state index contributed by atoms with van der Waals surface area (Å²) in [7, 11) is 0. The molecule has 5 nitrogen and oxygen atoms in total. The summed E-state index contributed by atoms with van der Waals surface area (Å²) >= 11 is 0. The molecule has 0 aliphatic heterocycles. The molecule has 15 heavy (non-hydrogen) atoms. The van der Waals surface area contributed by atoms with Gasteiger partial charge in [0.1, 0.15) is 5.82 Å². The molecule has 5 heteroatoms. The summed E-state index contributed by atoms with van der Waals surface area (Å²) < 4.78 is 0. The van der Waals surface area contributed by atoms with Gasteiger partial charge in [0, 0.05) is 13.1 Å². The number of aromatic nitrogens is 2. The van der Waals surface area contributed by atoms with Crippen molar-refractivity contribution >= 4 is 11.7 Å². The standard InChI is InChI=1S/C10H14N4O/c1-3-7-12-9-6-5-8(13-14-9)10(15)11-4-2/h3,5-6H,1,4,7H2,2H3,(H,11,15)(H,12,14). The van der Waals surface area contributed by atoms with Crippen LogP contribution in [0.5, 0.6) is 0 Å². The van der Waals surface area contributed by atoms with E-state index >= 15 is 0 Å². The van der Waals surface area contributed by atoms with Gasteiger partial charge < -0.3 is 10.6 Å². The van der Waals surface area contributed by atoms with Crippen molar-refractivity contribution in [2.45, 2.75) is 6.92 Å². The van der Waals surface area contributed by atoms with Crippen LogP contribution in [-0.2, 0) is 0 Å². The zero-order valence-electron chi connectivity index (χ0n) is 8.66. The van der Waals surface area contributed by atoms with Gasteiger partial charge in [-0.05, 0) is 19.1 Å². The van der Waals surface area contributed by atoms with E-state index in [9.17, 15) is 4.79 Å². The molecular weight excluding hydrogens is 192 g/mol. The number of amides is 1. The minimum atomic E-state index is -0.208. The molecule has 0 aromatic carbocycles. The maximum atomic E-state index is 11.3. The first kappa shape index (κ1) is 11.2.